The van der Waals surface area contributed by atoms with Gasteiger partial charge in [-0.25, -0.2) is 0 Å². The van der Waals surface area contributed by atoms with Gasteiger partial charge in [-0.2, -0.15) is 0 Å². The van der Waals surface area contributed by atoms with Gasteiger partial charge in [0.2, 0.25) is 5.91 Å². The number of amides is 1. The third kappa shape index (κ3) is 2.75. The molecular formula is C13H17NO2S. The van der Waals surface area contributed by atoms with Crippen LogP contribution in [0.5, 0.6) is 0 Å². The first-order chi connectivity index (χ1) is 7.99. The zero-order valence-electron chi connectivity index (χ0n) is 10.2. The Kier molecular flexibility index (Phi) is 3.33. The van der Waals surface area contributed by atoms with Crippen molar-refractivity contribution >= 4 is 23.0 Å². The van der Waals surface area contributed by atoms with Gasteiger partial charge in [-0.15, -0.1) is 11.3 Å². The average molecular weight is 251 g/mol. The van der Waals surface area contributed by atoms with E-state index in [0.717, 1.165) is 4.88 Å². The van der Waals surface area contributed by atoms with E-state index in [1.165, 1.54) is 0 Å². The van der Waals surface area contributed by atoms with E-state index in [4.69, 9.17) is 0 Å². The predicted octanol–water partition coefficient (Wildman–Crippen LogP) is 2.12. The lowest BCUT2D eigenvalue weighted by Gasteiger charge is -2.36. The normalized spacial score (nSPS) is 19.4. The lowest BCUT2D eigenvalue weighted by atomic mass is 9.82. The topological polar surface area (TPSA) is 37.4 Å². The smallest absolute Gasteiger partial charge is 0.227 e. The molecule has 0 N–H and O–H groups in total. The van der Waals surface area contributed by atoms with E-state index in [0.29, 0.717) is 25.9 Å². The Morgan fingerprint density at radius 1 is 1.53 bits per heavy atom. The molecule has 0 unspecified atom stereocenters. The molecule has 1 aliphatic rings. The Balaban J connectivity index is 1.99. The van der Waals surface area contributed by atoms with E-state index in [9.17, 15) is 9.59 Å². The number of Topliss-reactive ketones (excluding diaryl/α,β-unsaturated/α-hetero) is 1. The van der Waals surface area contributed by atoms with Gasteiger partial charge in [0, 0.05) is 29.8 Å². The maximum absolute atomic E-state index is 12.1. The summed E-state index contributed by atoms with van der Waals surface area (Å²) in [4.78, 5) is 26.7. The number of ketones is 1. The van der Waals surface area contributed by atoms with Crippen LogP contribution in [0.2, 0.25) is 0 Å². The first-order valence-corrected chi connectivity index (χ1v) is 6.70. The van der Waals surface area contributed by atoms with Crippen molar-refractivity contribution in [1.82, 2.24) is 4.90 Å². The SMILES string of the molecule is CC1(C)CN(C(=O)Cc2cccs2)CCC1=O. The fourth-order valence-corrected chi connectivity index (χ4v) is 2.80. The molecule has 0 radical (unpaired) electrons. The molecule has 1 aromatic heterocycles. The summed E-state index contributed by atoms with van der Waals surface area (Å²) in [5, 5.41) is 1.98. The van der Waals surface area contributed by atoms with Gasteiger partial charge in [0.1, 0.15) is 5.78 Å². The van der Waals surface area contributed by atoms with Crippen LogP contribution in [0, 0.1) is 5.41 Å². The molecule has 1 fully saturated rings. The van der Waals surface area contributed by atoms with Crippen molar-refractivity contribution in [3.8, 4) is 0 Å². The lowest BCUT2D eigenvalue weighted by Crippen LogP contribution is -2.49. The summed E-state index contributed by atoms with van der Waals surface area (Å²) in [7, 11) is 0. The summed E-state index contributed by atoms with van der Waals surface area (Å²) in [6, 6.07) is 3.93. The average Bonchev–Trinajstić information content (AvgIpc) is 2.74. The van der Waals surface area contributed by atoms with Gasteiger partial charge < -0.3 is 4.90 Å². The molecule has 0 aliphatic carbocycles. The minimum Gasteiger partial charge on any atom is -0.341 e. The Labute approximate surface area is 105 Å². The van der Waals surface area contributed by atoms with E-state index < -0.39 is 0 Å². The van der Waals surface area contributed by atoms with Gasteiger partial charge in [0.25, 0.3) is 0 Å². The van der Waals surface area contributed by atoms with Crippen LogP contribution in [0.4, 0.5) is 0 Å². The zero-order valence-corrected chi connectivity index (χ0v) is 11.0. The number of thiophene rings is 1. The monoisotopic (exact) mass is 251 g/mol. The molecule has 2 rings (SSSR count). The molecule has 1 aliphatic heterocycles. The van der Waals surface area contributed by atoms with Crippen molar-refractivity contribution < 1.29 is 9.59 Å². The molecule has 4 heteroatoms. The molecule has 17 heavy (non-hydrogen) atoms. The second-order valence-electron chi connectivity index (χ2n) is 5.13. The van der Waals surface area contributed by atoms with Crippen LogP contribution in [-0.4, -0.2) is 29.7 Å². The molecule has 0 bridgehead atoms. The molecule has 0 aromatic carbocycles. The van der Waals surface area contributed by atoms with Crippen molar-refractivity contribution in [3.05, 3.63) is 22.4 Å². The zero-order chi connectivity index (χ0) is 12.5. The fraction of sp³-hybridized carbons (Fsp3) is 0.538. The fourth-order valence-electron chi connectivity index (χ4n) is 2.11. The first kappa shape index (κ1) is 12.3. The largest absolute Gasteiger partial charge is 0.341 e. The molecule has 3 nitrogen and oxygen atoms in total. The Bertz CT molecular complexity index is 423. The van der Waals surface area contributed by atoms with Crippen LogP contribution in [0.3, 0.4) is 0 Å². The van der Waals surface area contributed by atoms with Gasteiger partial charge in [0.05, 0.1) is 6.42 Å². The molecule has 2 heterocycles. The van der Waals surface area contributed by atoms with Crippen LogP contribution in [0.25, 0.3) is 0 Å². The molecule has 0 spiro atoms. The summed E-state index contributed by atoms with van der Waals surface area (Å²) in [5.74, 6) is 0.394. The summed E-state index contributed by atoms with van der Waals surface area (Å²) >= 11 is 1.60. The number of hydrogen-bond acceptors (Lipinski definition) is 3. The second-order valence-corrected chi connectivity index (χ2v) is 6.16. The number of carbonyl (C=O) groups excluding carboxylic acids is 2. The van der Waals surface area contributed by atoms with E-state index in [1.807, 2.05) is 36.3 Å². The summed E-state index contributed by atoms with van der Waals surface area (Å²) in [6.45, 7) is 4.96. The lowest BCUT2D eigenvalue weighted by molar-refractivity contribution is -0.140. The van der Waals surface area contributed by atoms with E-state index in [2.05, 4.69) is 0 Å². The van der Waals surface area contributed by atoms with Crippen molar-refractivity contribution in [2.75, 3.05) is 13.1 Å². The first-order valence-electron chi connectivity index (χ1n) is 5.82. The number of nitrogens with zero attached hydrogens (tertiary/aromatic N) is 1. The number of likely N-dealkylation sites (tertiary alicyclic amines) is 1. The third-order valence-electron chi connectivity index (χ3n) is 3.21. The number of hydrogen-bond donors (Lipinski definition) is 0. The molecule has 0 atom stereocenters. The van der Waals surface area contributed by atoms with Crippen LogP contribution in [0.15, 0.2) is 17.5 Å². The quantitative estimate of drug-likeness (QED) is 0.807. The van der Waals surface area contributed by atoms with Gasteiger partial charge in [-0.05, 0) is 11.4 Å². The van der Waals surface area contributed by atoms with Crippen molar-refractivity contribution in [3.63, 3.8) is 0 Å². The van der Waals surface area contributed by atoms with Gasteiger partial charge in [-0.1, -0.05) is 19.9 Å². The summed E-state index contributed by atoms with van der Waals surface area (Å²) in [5.41, 5.74) is -0.386. The molecule has 0 saturated carbocycles. The van der Waals surface area contributed by atoms with Gasteiger partial charge in [0.15, 0.2) is 0 Å². The van der Waals surface area contributed by atoms with Crippen LogP contribution in [0.1, 0.15) is 25.1 Å². The summed E-state index contributed by atoms with van der Waals surface area (Å²) in [6.07, 6.45) is 0.950. The highest BCUT2D eigenvalue weighted by Gasteiger charge is 2.35. The minimum atomic E-state index is -0.386. The number of piperidine rings is 1. The maximum atomic E-state index is 12.1. The van der Waals surface area contributed by atoms with Crippen molar-refractivity contribution in [1.29, 1.82) is 0 Å². The Morgan fingerprint density at radius 2 is 2.29 bits per heavy atom. The van der Waals surface area contributed by atoms with Gasteiger partial charge >= 0.3 is 0 Å². The Morgan fingerprint density at radius 3 is 2.88 bits per heavy atom. The van der Waals surface area contributed by atoms with Crippen LogP contribution >= 0.6 is 11.3 Å². The molecule has 92 valence electrons. The van der Waals surface area contributed by atoms with E-state index >= 15 is 0 Å². The maximum Gasteiger partial charge on any atom is 0.227 e. The van der Waals surface area contributed by atoms with Crippen LogP contribution in [-0.2, 0) is 16.0 Å². The van der Waals surface area contributed by atoms with Crippen molar-refractivity contribution in [2.24, 2.45) is 5.41 Å². The molecule has 1 aromatic rings. The highest BCUT2D eigenvalue weighted by Crippen LogP contribution is 2.25. The standard InChI is InChI=1S/C13H17NO2S/c1-13(2)9-14(6-5-11(13)15)12(16)8-10-4-3-7-17-10/h3-4,7H,5-6,8-9H2,1-2H3. The number of carbonyl (C=O) groups is 2. The Hall–Kier alpha value is -1.16. The highest BCUT2D eigenvalue weighted by molar-refractivity contribution is 7.10. The van der Waals surface area contributed by atoms with E-state index in [1.54, 1.807) is 11.3 Å². The van der Waals surface area contributed by atoms with Crippen LogP contribution < -0.4 is 0 Å². The molecule has 1 amide bonds. The number of rotatable bonds is 2. The second kappa shape index (κ2) is 4.61. The van der Waals surface area contributed by atoms with Gasteiger partial charge in [-0.3, -0.25) is 9.59 Å². The summed E-state index contributed by atoms with van der Waals surface area (Å²) < 4.78 is 0. The third-order valence-corrected chi connectivity index (χ3v) is 4.08. The minimum absolute atomic E-state index is 0.132. The highest BCUT2D eigenvalue weighted by atomic mass is 32.1. The van der Waals surface area contributed by atoms with E-state index in [-0.39, 0.29) is 17.1 Å². The van der Waals surface area contributed by atoms with Crippen molar-refractivity contribution in [2.45, 2.75) is 26.7 Å². The molecular weight excluding hydrogens is 234 g/mol. The molecule has 1 saturated heterocycles. The predicted molar refractivity (Wildman–Crippen MR) is 68.0 cm³/mol.